The number of likely N-dealkylation sites (tertiary alicyclic amines) is 1. The van der Waals surface area contributed by atoms with E-state index < -0.39 is 5.82 Å². The van der Waals surface area contributed by atoms with Crippen molar-refractivity contribution in [3.8, 4) is 5.75 Å². The second-order valence-electron chi connectivity index (χ2n) is 4.90. The maximum absolute atomic E-state index is 13.5. The molecule has 1 saturated heterocycles. The Morgan fingerprint density at radius 1 is 1.50 bits per heavy atom. The Bertz CT molecular complexity index is 533. The minimum atomic E-state index is -0.560. The largest absolute Gasteiger partial charge is 0.494 e. The normalized spacial score (nSPS) is 19.0. The lowest BCUT2D eigenvalue weighted by atomic mass is 10.1. The number of methoxy groups -OCH3 is 1. The number of ether oxygens (including phenoxy) is 1. The zero-order chi connectivity index (χ0) is 14.7. The number of amides is 1. The van der Waals surface area contributed by atoms with E-state index in [4.69, 9.17) is 10.5 Å². The van der Waals surface area contributed by atoms with Gasteiger partial charge in [-0.1, -0.05) is 0 Å². The minimum Gasteiger partial charge on any atom is -0.494 e. The summed E-state index contributed by atoms with van der Waals surface area (Å²) >= 11 is 0. The summed E-state index contributed by atoms with van der Waals surface area (Å²) in [4.78, 5) is 25.0. The molecule has 1 heterocycles. The zero-order valence-electron chi connectivity index (χ0n) is 11.3. The molecular weight excluding hydrogens is 263 g/mol. The molecule has 1 aliphatic heterocycles. The van der Waals surface area contributed by atoms with E-state index >= 15 is 0 Å². The standard InChI is InChI=1S/C14H17FN2O3/c1-20-13-3-2-9(6-11(13)15)12(18)8-17-5-4-10(7-17)14(16)19/h2-3,6,10H,4-5,7-8H2,1H3,(H2,16,19). The van der Waals surface area contributed by atoms with E-state index in [1.807, 2.05) is 4.90 Å². The number of carbonyl (C=O) groups excluding carboxylic acids is 2. The summed E-state index contributed by atoms with van der Waals surface area (Å²) in [5.41, 5.74) is 5.54. The molecule has 108 valence electrons. The van der Waals surface area contributed by atoms with Gasteiger partial charge in [0.25, 0.3) is 0 Å². The summed E-state index contributed by atoms with van der Waals surface area (Å²) in [6.07, 6.45) is 0.666. The number of hydrogen-bond donors (Lipinski definition) is 1. The van der Waals surface area contributed by atoms with Crippen molar-refractivity contribution in [3.63, 3.8) is 0 Å². The fourth-order valence-corrected chi connectivity index (χ4v) is 2.34. The van der Waals surface area contributed by atoms with Crippen LogP contribution in [-0.4, -0.2) is 43.3 Å². The number of nitrogens with two attached hydrogens (primary N) is 1. The van der Waals surface area contributed by atoms with E-state index in [1.54, 1.807) is 0 Å². The third-order valence-electron chi connectivity index (χ3n) is 3.52. The molecule has 1 aromatic rings. The quantitative estimate of drug-likeness (QED) is 0.811. The first-order valence-electron chi connectivity index (χ1n) is 6.39. The van der Waals surface area contributed by atoms with Gasteiger partial charge in [-0.15, -0.1) is 0 Å². The highest BCUT2D eigenvalue weighted by atomic mass is 19.1. The van der Waals surface area contributed by atoms with Crippen LogP contribution in [0.1, 0.15) is 16.8 Å². The van der Waals surface area contributed by atoms with E-state index in [0.717, 1.165) is 0 Å². The van der Waals surface area contributed by atoms with Gasteiger partial charge in [-0.2, -0.15) is 0 Å². The first-order valence-corrected chi connectivity index (χ1v) is 6.39. The van der Waals surface area contributed by atoms with Crippen LogP contribution in [0.3, 0.4) is 0 Å². The number of nitrogens with zero attached hydrogens (tertiary/aromatic N) is 1. The van der Waals surface area contributed by atoms with Gasteiger partial charge in [0.15, 0.2) is 17.3 Å². The summed E-state index contributed by atoms with van der Waals surface area (Å²) in [6, 6.07) is 4.13. The van der Waals surface area contributed by atoms with Crippen LogP contribution in [-0.2, 0) is 4.79 Å². The van der Waals surface area contributed by atoms with Crippen molar-refractivity contribution >= 4 is 11.7 Å². The van der Waals surface area contributed by atoms with Gasteiger partial charge >= 0.3 is 0 Å². The lowest BCUT2D eigenvalue weighted by Gasteiger charge is -2.14. The van der Waals surface area contributed by atoms with Crippen LogP contribution in [0.25, 0.3) is 0 Å². The fraction of sp³-hybridized carbons (Fsp3) is 0.429. The van der Waals surface area contributed by atoms with Gasteiger partial charge in [0.2, 0.25) is 5.91 Å². The molecule has 1 amide bonds. The number of rotatable bonds is 5. The summed E-state index contributed by atoms with van der Waals surface area (Å²) < 4.78 is 18.3. The highest BCUT2D eigenvalue weighted by molar-refractivity contribution is 5.97. The highest BCUT2D eigenvalue weighted by Crippen LogP contribution is 2.20. The van der Waals surface area contributed by atoms with Gasteiger partial charge in [-0.05, 0) is 31.2 Å². The topological polar surface area (TPSA) is 72.6 Å². The molecule has 1 atom stereocenters. The second kappa shape index (κ2) is 6.00. The van der Waals surface area contributed by atoms with Crippen molar-refractivity contribution in [1.82, 2.24) is 4.90 Å². The van der Waals surface area contributed by atoms with E-state index in [-0.39, 0.29) is 29.9 Å². The zero-order valence-corrected chi connectivity index (χ0v) is 11.3. The molecule has 1 aliphatic rings. The molecule has 2 N–H and O–H groups in total. The summed E-state index contributed by atoms with van der Waals surface area (Å²) in [5.74, 6) is -1.17. The summed E-state index contributed by atoms with van der Waals surface area (Å²) in [5, 5.41) is 0. The average Bonchev–Trinajstić information content (AvgIpc) is 2.87. The molecule has 1 fully saturated rings. The number of Topliss-reactive ketones (excluding diaryl/α,β-unsaturated/α-hetero) is 1. The highest BCUT2D eigenvalue weighted by Gasteiger charge is 2.27. The Hall–Kier alpha value is -1.95. The Kier molecular flexibility index (Phi) is 4.34. The average molecular weight is 280 g/mol. The maximum Gasteiger partial charge on any atom is 0.221 e. The molecule has 1 aromatic carbocycles. The summed E-state index contributed by atoms with van der Waals surface area (Å²) in [6.45, 7) is 1.30. The molecule has 0 bridgehead atoms. The second-order valence-corrected chi connectivity index (χ2v) is 4.90. The van der Waals surface area contributed by atoms with E-state index in [9.17, 15) is 14.0 Å². The lowest BCUT2D eigenvalue weighted by Crippen LogP contribution is -2.31. The van der Waals surface area contributed by atoms with Gasteiger partial charge < -0.3 is 10.5 Å². The van der Waals surface area contributed by atoms with Gasteiger partial charge in [0.05, 0.1) is 19.6 Å². The lowest BCUT2D eigenvalue weighted by molar-refractivity contribution is -0.121. The van der Waals surface area contributed by atoms with E-state index in [0.29, 0.717) is 25.1 Å². The molecule has 6 heteroatoms. The van der Waals surface area contributed by atoms with Crippen LogP contribution in [0.15, 0.2) is 18.2 Å². The maximum atomic E-state index is 13.5. The van der Waals surface area contributed by atoms with E-state index in [2.05, 4.69) is 0 Å². The number of hydrogen-bond acceptors (Lipinski definition) is 4. The van der Waals surface area contributed by atoms with Gasteiger partial charge in [0.1, 0.15) is 0 Å². The van der Waals surface area contributed by atoms with Gasteiger partial charge in [0, 0.05) is 12.1 Å². The van der Waals surface area contributed by atoms with Crippen LogP contribution in [0.2, 0.25) is 0 Å². The third-order valence-corrected chi connectivity index (χ3v) is 3.52. The first-order chi connectivity index (χ1) is 9.51. The van der Waals surface area contributed by atoms with Crippen molar-refractivity contribution in [2.45, 2.75) is 6.42 Å². The molecule has 0 aromatic heterocycles. The van der Waals surface area contributed by atoms with Crippen LogP contribution in [0, 0.1) is 11.7 Å². The molecular formula is C14H17FN2O3. The Morgan fingerprint density at radius 2 is 2.25 bits per heavy atom. The molecule has 0 spiro atoms. The number of ketones is 1. The van der Waals surface area contributed by atoms with Crippen molar-refractivity contribution in [2.24, 2.45) is 11.7 Å². The third kappa shape index (κ3) is 3.14. The Labute approximate surface area is 116 Å². The molecule has 20 heavy (non-hydrogen) atoms. The predicted molar refractivity (Wildman–Crippen MR) is 71.0 cm³/mol. The van der Waals surface area contributed by atoms with Crippen molar-refractivity contribution < 1.29 is 18.7 Å². The van der Waals surface area contributed by atoms with Crippen molar-refractivity contribution in [2.75, 3.05) is 26.7 Å². The number of halogens is 1. The smallest absolute Gasteiger partial charge is 0.221 e. The van der Waals surface area contributed by atoms with Gasteiger partial charge in [-0.3, -0.25) is 14.5 Å². The molecule has 5 nitrogen and oxygen atoms in total. The molecule has 0 radical (unpaired) electrons. The Morgan fingerprint density at radius 3 is 2.80 bits per heavy atom. The number of benzene rings is 1. The SMILES string of the molecule is COc1ccc(C(=O)CN2CCC(C(N)=O)C2)cc1F. The number of primary amides is 1. The van der Waals surface area contributed by atoms with E-state index in [1.165, 1.54) is 25.3 Å². The van der Waals surface area contributed by atoms with Crippen LogP contribution in [0.4, 0.5) is 4.39 Å². The van der Waals surface area contributed by atoms with Crippen LogP contribution >= 0.6 is 0 Å². The first kappa shape index (κ1) is 14.5. The molecule has 2 rings (SSSR count). The molecule has 1 unspecified atom stereocenters. The number of carbonyl (C=O) groups is 2. The van der Waals surface area contributed by atoms with Gasteiger partial charge in [-0.25, -0.2) is 4.39 Å². The van der Waals surface area contributed by atoms with Crippen molar-refractivity contribution in [3.05, 3.63) is 29.6 Å². The molecule has 0 saturated carbocycles. The van der Waals surface area contributed by atoms with Crippen LogP contribution in [0.5, 0.6) is 5.75 Å². The summed E-state index contributed by atoms with van der Waals surface area (Å²) in [7, 11) is 1.37. The fourth-order valence-electron chi connectivity index (χ4n) is 2.34. The van der Waals surface area contributed by atoms with Crippen LogP contribution < -0.4 is 10.5 Å². The minimum absolute atomic E-state index is 0.108. The van der Waals surface area contributed by atoms with Crippen molar-refractivity contribution in [1.29, 1.82) is 0 Å². The Balaban J connectivity index is 1.99. The predicted octanol–water partition coefficient (Wildman–Crippen LogP) is 0.824. The monoisotopic (exact) mass is 280 g/mol. The molecule has 0 aliphatic carbocycles.